The fourth-order valence-corrected chi connectivity index (χ4v) is 7.50. The fourth-order valence-electron chi connectivity index (χ4n) is 7.05. The molecule has 2 heterocycles. The Morgan fingerprint density at radius 1 is 0.789 bits per heavy atom. The molecule has 0 unspecified atom stereocenters. The summed E-state index contributed by atoms with van der Waals surface area (Å²) in [6.07, 6.45) is 1.80. The van der Waals surface area contributed by atoms with E-state index >= 15 is 0 Å². The van der Waals surface area contributed by atoms with E-state index in [1.807, 2.05) is 48.3 Å². The molecule has 38 heavy (non-hydrogen) atoms. The molecule has 0 aromatic heterocycles. The van der Waals surface area contributed by atoms with Crippen LogP contribution in [0.1, 0.15) is 37.8 Å². The highest BCUT2D eigenvalue weighted by atomic mass is 35.5. The van der Waals surface area contributed by atoms with Gasteiger partial charge in [0.15, 0.2) is 22.9 Å². The summed E-state index contributed by atoms with van der Waals surface area (Å²) in [6.45, 7) is 0.932. The Morgan fingerprint density at radius 3 is 2.00 bits per heavy atom. The Labute approximate surface area is 231 Å². The standard InChI is InChI=1S/C31H26Cl2N2O3/c1-34-16-20(15-19-9-3-7-13-25(19)32)27(36)30(18-34)24(23-12-6-8-14-26(23)33)17-35(2)31(30)28(37)21-10-4-5-11-22(21)29(31)38/h3-15,24H,16-18H2,1-2H3/b20-15+/t24-,30+/m0/s1. The van der Waals surface area contributed by atoms with Crippen LogP contribution in [0.15, 0.2) is 78.4 Å². The van der Waals surface area contributed by atoms with Gasteiger partial charge in [-0.3, -0.25) is 19.3 Å². The quantitative estimate of drug-likeness (QED) is 0.318. The Morgan fingerprint density at radius 2 is 1.37 bits per heavy atom. The minimum Gasteiger partial charge on any atom is -0.301 e. The molecule has 2 fully saturated rings. The molecule has 5 nitrogen and oxygen atoms in total. The van der Waals surface area contributed by atoms with Gasteiger partial charge in [-0.25, -0.2) is 0 Å². The van der Waals surface area contributed by atoms with Crippen molar-refractivity contribution in [3.05, 3.63) is 111 Å². The smallest absolute Gasteiger partial charge is 0.192 e. The van der Waals surface area contributed by atoms with Gasteiger partial charge in [0.1, 0.15) is 0 Å². The molecular weight excluding hydrogens is 519 g/mol. The Bertz CT molecular complexity index is 1510. The van der Waals surface area contributed by atoms with Gasteiger partial charge < -0.3 is 4.90 Å². The van der Waals surface area contributed by atoms with Crippen molar-refractivity contribution in [1.29, 1.82) is 0 Å². The number of rotatable bonds is 2. The van der Waals surface area contributed by atoms with Crippen molar-refractivity contribution in [3.63, 3.8) is 0 Å². The third-order valence-electron chi connectivity index (χ3n) is 8.52. The van der Waals surface area contributed by atoms with Crippen LogP contribution in [0, 0.1) is 5.41 Å². The lowest BCUT2D eigenvalue weighted by molar-refractivity contribution is -0.132. The maximum absolute atomic E-state index is 14.9. The van der Waals surface area contributed by atoms with E-state index in [0.717, 1.165) is 5.56 Å². The molecule has 0 bridgehead atoms. The van der Waals surface area contributed by atoms with Gasteiger partial charge >= 0.3 is 0 Å². The number of fused-ring (bicyclic) bond motifs is 2. The summed E-state index contributed by atoms with van der Waals surface area (Å²) in [6, 6.07) is 21.6. The van der Waals surface area contributed by atoms with Crippen LogP contribution in [0.5, 0.6) is 0 Å². The summed E-state index contributed by atoms with van der Waals surface area (Å²) in [7, 11) is 3.70. The minimum absolute atomic E-state index is 0.209. The van der Waals surface area contributed by atoms with Crippen LogP contribution in [0.2, 0.25) is 10.0 Å². The van der Waals surface area contributed by atoms with Gasteiger partial charge in [0.05, 0.1) is 5.41 Å². The first-order chi connectivity index (χ1) is 18.2. The van der Waals surface area contributed by atoms with Gasteiger partial charge in [0.25, 0.3) is 0 Å². The number of likely N-dealkylation sites (N-methyl/N-ethyl adjacent to an activating group) is 2. The third kappa shape index (κ3) is 3.23. The molecule has 1 aliphatic carbocycles. The zero-order valence-corrected chi connectivity index (χ0v) is 22.6. The Balaban J connectivity index is 1.65. The number of Topliss-reactive ketones (excluding diaryl/α,β-unsaturated/α-hetero) is 3. The van der Waals surface area contributed by atoms with Crippen LogP contribution >= 0.6 is 23.2 Å². The monoisotopic (exact) mass is 544 g/mol. The van der Waals surface area contributed by atoms with E-state index in [0.29, 0.717) is 45.4 Å². The van der Waals surface area contributed by atoms with Crippen molar-refractivity contribution in [2.75, 3.05) is 33.7 Å². The summed E-state index contributed by atoms with van der Waals surface area (Å²) in [5.74, 6) is -1.35. The second-order valence-electron chi connectivity index (χ2n) is 10.5. The largest absolute Gasteiger partial charge is 0.301 e. The number of carbonyl (C=O) groups excluding carboxylic acids is 3. The highest BCUT2D eigenvalue weighted by Crippen LogP contribution is 2.61. The van der Waals surface area contributed by atoms with Crippen LogP contribution in [0.4, 0.5) is 0 Å². The fraction of sp³-hybridized carbons (Fsp3) is 0.258. The summed E-state index contributed by atoms with van der Waals surface area (Å²) < 4.78 is 0. The highest BCUT2D eigenvalue weighted by Gasteiger charge is 2.77. The predicted octanol–water partition coefficient (Wildman–Crippen LogP) is 5.42. The van der Waals surface area contributed by atoms with E-state index in [2.05, 4.69) is 0 Å². The topological polar surface area (TPSA) is 57.7 Å². The highest BCUT2D eigenvalue weighted by molar-refractivity contribution is 6.37. The van der Waals surface area contributed by atoms with Crippen molar-refractivity contribution >= 4 is 46.6 Å². The number of nitrogens with zero attached hydrogens (tertiary/aromatic N) is 2. The van der Waals surface area contributed by atoms with E-state index in [1.165, 1.54) is 0 Å². The van der Waals surface area contributed by atoms with E-state index in [-0.39, 0.29) is 23.9 Å². The van der Waals surface area contributed by atoms with Gasteiger partial charge in [0.2, 0.25) is 0 Å². The molecule has 0 radical (unpaired) electrons. The molecule has 3 aromatic rings. The van der Waals surface area contributed by atoms with E-state index in [1.54, 1.807) is 54.4 Å². The Hall–Kier alpha value is -3.09. The molecule has 6 rings (SSSR count). The number of piperidine rings is 1. The summed E-state index contributed by atoms with van der Waals surface area (Å²) in [5.41, 5.74) is -0.385. The number of likely N-dealkylation sites (tertiary alicyclic amines) is 2. The minimum atomic E-state index is -1.69. The molecule has 2 atom stereocenters. The molecule has 192 valence electrons. The number of ketones is 3. The normalized spacial score (nSPS) is 26.2. The lowest BCUT2D eigenvalue weighted by Gasteiger charge is -2.50. The number of halogens is 2. The van der Waals surface area contributed by atoms with Gasteiger partial charge in [-0.05, 0) is 43.4 Å². The number of benzene rings is 3. The molecule has 0 saturated carbocycles. The lowest BCUT2D eigenvalue weighted by atomic mass is 9.56. The zero-order valence-electron chi connectivity index (χ0n) is 21.1. The maximum Gasteiger partial charge on any atom is 0.192 e. The van der Waals surface area contributed by atoms with Gasteiger partial charge in [0, 0.05) is 52.3 Å². The average Bonchev–Trinajstić information content (AvgIpc) is 3.29. The second kappa shape index (κ2) is 8.99. The maximum atomic E-state index is 14.9. The molecule has 2 saturated heterocycles. The average molecular weight is 545 g/mol. The van der Waals surface area contributed by atoms with Gasteiger partial charge in [-0.2, -0.15) is 0 Å². The molecule has 3 aromatic carbocycles. The van der Waals surface area contributed by atoms with E-state index in [4.69, 9.17) is 23.2 Å². The number of hydrogen-bond acceptors (Lipinski definition) is 5. The molecular formula is C31H26Cl2N2O3. The molecule has 7 heteroatoms. The lowest BCUT2D eigenvalue weighted by Crippen LogP contribution is -2.69. The van der Waals surface area contributed by atoms with Crippen molar-refractivity contribution in [3.8, 4) is 0 Å². The van der Waals surface area contributed by atoms with E-state index in [9.17, 15) is 14.4 Å². The molecule has 2 aliphatic heterocycles. The van der Waals surface area contributed by atoms with Crippen LogP contribution < -0.4 is 0 Å². The molecule has 3 aliphatic rings. The van der Waals surface area contributed by atoms with Crippen LogP contribution in [-0.4, -0.2) is 66.4 Å². The SMILES string of the molecule is CN1C/C(=C\c2ccccc2Cl)C(=O)[C@@]2(C1)[C@H](c1ccccc1Cl)CN(C)C21C(=O)c2ccccc2C1=O. The summed E-state index contributed by atoms with van der Waals surface area (Å²) in [4.78, 5) is 47.7. The van der Waals surface area contributed by atoms with Crippen molar-refractivity contribution in [2.45, 2.75) is 11.5 Å². The zero-order chi connectivity index (χ0) is 26.8. The van der Waals surface area contributed by atoms with Gasteiger partial charge in [-0.15, -0.1) is 0 Å². The number of hydrogen-bond donors (Lipinski definition) is 0. The van der Waals surface area contributed by atoms with E-state index < -0.39 is 16.9 Å². The molecule has 0 amide bonds. The number of carbonyl (C=O) groups is 3. The first-order valence-electron chi connectivity index (χ1n) is 12.6. The van der Waals surface area contributed by atoms with Crippen molar-refractivity contribution < 1.29 is 14.4 Å². The summed E-state index contributed by atoms with van der Waals surface area (Å²) in [5, 5.41) is 1.03. The Kier molecular flexibility index (Phi) is 5.96. The summed E-state index contributed by atoms with van der Waals surface area (Å²) >= 11 is 13.2. The predicted molar refractivity (Wildman–Crippen MR) is 149 cm³/mol. The first kappa shape index (κ1) is 25.2. The molecule has 0 N–H and O–H groups in total. The van der Waals surface area contributed by atoms with Gasteiger partial charge in [-0.1, -0.05) is 83.9 Å². The molecule has 2 spiro atoms. The van der Waals surface area contributed by atoms with Crippen LogP contribution in [0.3, 0.4) is 0 Å². The second-order valence-corrected chi connectivity index (χ2v) is 11.3. The van der Waals surface area contributed by atoms with Crippen LogP contribution in [0.25, 0.3) is 6.08 Å². The van der Waals surface area contributed by atoms with Crippen molar-refractivity contribution in [2.24, 2.45) is 5.41 Å². The first-order valence-corrected chi connectivity index (χ1v) is 13.3. The van der Waals surface area contributed by atoms with Crippen LogP contribution in [-0.2, 0) is 4.79 Å². The van der Waals surface area contributed by atoms with Crippen molar-refractivity contribution in [1.82, 2.24) is 9.80 Å². The third-order valence-corrected chi connectivity index (χ3v) is 9.20.